The van der Waals surface area contributed by atoms with Gasteiger partial charge in [0.2, 0.25) is 10.0 Å². The lowest BCUT2D eigenvalue weighted by Crippen LogP contribution is -2.26. The molecular weight excluding hydrogens is 354 g/mol. The Bertz CT molecular complexity index is 895. The van der Waals surface area contributed by atoms with Gasteiger partial charge in [-0.05, 0) is 29.8 Å². The summed E-state index contributed by atoms with van der Waals surface area (Å²) in [6, 6.07) is 12.0. The molecule has 0 bridgehead atoms. The maximum absolute atomic E-state index is 12.9. The largest absolute Gasteiger partial charge is 0.490 e. The number of sulfonamides is 1. The highest BCUT2D eigenvalue weighted by Gasteiger charge is 2.24. The van der Waals surface area contributed by atoms with E-state index in [9.17, 15) is 8.42 Å². The fraction of sp³-hybridized carbons (Fsp3) is 0.263. The molecule has 138 valence electrons. The van der Waals surface area contributed by atoms with Gasteiger partial charge in [0.1, 0.15) is 25.6 Å². The van der Waals surface area contributed by atoms with Crippen molar-refractivity contribution in [2.75, 3.05) is 26.9 Å². The summed E-state index contributed by atoms with van der Waals surface area (Å²) in [5.41, 5.74) is 0.829. The van der Waals surface area contributed by atoms with Gasteiger partial charge < -0.3 is 14.2 Å². The fourth-order valence-corrected chi connectivity index (χ4v) is 3.77. The molecule has 1 aliphatic rings. The molecular formula is C19H21NO5S. The van der Waals surface area contributed by atoms with Crippen LogP contribution in [-0.4, -0.2) is 39.6 Å². The van der Waals surface area contributed by atoms with E-state index in [1.807, 2.05) is 24.3 Å². The summed E-state index contributed by atoms with van der Waals surface area (Å²) in [6.45, 7) is 5.10. The molecule has 0 atom stereocenters. The second-order valence-electron chi connectivity index (χ2n) is 5.81. The van der Waals surface area contributed by atoms with Gasteiger partial charge in [0, 0.05) is 19.7 Å². The second kappa shape index (κ2) is 7.80. The zero-order valence-electron chi connectivity index (χ0n) is 14.6. The van der Waals surface area contributed by atoms with E-state index in [4.69, 9.17) is 14.2 Å². The molecule has 2 aromatic carbocycles. The number of benzene rings is 2. The van der Waals surface area contributed by atoms with Crippen molar-refractivity contribution in [1.29, 1.82) is 0 Å². The van der Waals surface area contributed by atoms with E-state index in [2.05, 4.69) is 6.58 Å². The number of ether oxygens (including phenoxy) is 3. The summed E-state index contributed by atoms with van der Waals surface area (Å²) in [7, 11) is -2.11. The smallest absolute Gasteiger partial charge is 0.243 e. The molecule has 0 radical (unpaired) electrons. The molecule has 7 heteroatoms. The van der Waals surface area contributed by atoms with Crippen LogP contribution in [0.2, 0.25) is 0 Å². The molecule has 0 fully saturated rings. The van der Waals surface area contributed by atoms with E-state index in [1.54, 1.807) is 19.2 Å². The Kier molecular flexibility index (Phi) is 5.49. The number of rotatable bonds is 7. The average Bonchev–Trinajstić information content (AvgIpc) is 2.66. The van der Waals surface area contributed by atoms with Crippen LogP contribution in [0.15, 0.2) is 60.0 Å². The van der Waals surface area contributed by atoms with Crippen molar-refractivity contribution in [3.05, 3.63) is 60.7 Å². The topological polar surface area (TPSA) is 65.1 Å². The Hall–Kier alpha value is -2.51. The van der Waals surface area contributed by atoms with Crippen LogP contribution in [0.3, 0.4) is 0 Å². The van der Waals surface area contributed by atoms with E-state index in [0.29, 0.717) is 37.1 Å². The van der Waals surface area contributed by atoms with Crippen molar-refractivity contribution < 1.29 is 22.6 Å². The predicted molar refractivity (Wildman–Crippen MR) is 98.2 cm³/mol. The van der Waals surface area contributed by atoms with Gasteiger partial charge in [-0.15, -0.1) is 0 Å². The van der Waals surface area contributed by atoms with Gasteiger partial charge >= 0.3 is 0 Å². The first kappa shape index (κ1) is 18.3. The molecule has 0 unspecified atom stereocenters. The highest BCUT2D eigenvalue weighted by Crippen LogP contribution is 2.33. The van der Waals surface area contributed by atoms with Crippen molar-refractivity contribution in [2.24, 2.45) is 0 Å². The first-order chi connectivity index (χ1) is 12.5. The minimum Gasteiger partial charge on any atom is -0.490 e. The Morgan fingerprint density at radius 2 is 1.92 bits per heavy atom. The molecule has 1 heterocycles. The summed E-state index contributed by atoms with van der Waals surface area (Å²) in [5.74, 6) is 1.68. The maximum atomic E-state index is 12.9. The summed E-state index contributed by atoms with van der Waals surface area (Å²) in [5, 5.41) is 0. The highest BCUT2D eigenvalue weighted by atomic mass is 32.2. The Morgan fingerprint density at radius 1 is 1.15 bits per heavy atom. The molecule has 1 aliphatic heterocycles. The Balaban J connectivity index is 1.78. The zero-order chi connectivity index (χ0) is 18.6. The fourth-order valence-electron chi connectivity index (χ4n) is 2.59. The van der Waals surface area contributed by atoms with Gasteiger partial charge in [-0.2, -0.15) is 4.31 Å². The second-order valence-corrected chi connectivity index (χ2v) is 7.86. The first-order valence-electron chi connectivity index (χ1n) is 8.19. The Labute approximate surface area is 153 Å². The predicted octanol–water partition coefficient (Wildman–Crippen LogP) is 2.84. The molecule has 26 heavy (non-hydrogen) atoms. The van der Waals surface area contributed by atoms with Crippen molar-refractivity contribution in [1.82, 2.24) is 4.31 Å². The van der Waals surface area contributed by atoms with Crippen molar-refractivity contribution in [2.45, 2.75) is 11.4 Å². The van der Waals surface area contributed by atoms with Crippen LogP contribution in [0, 0.1) is 0 Å². The molecule has 0 saturated heterocycles. The van der Waals surface area contributed by atoms with Crippen LogP contribution in [0.25, 0.3) is 0 Å². The van der Waals surface area contributed by atoms with E-state index in [0.717, 1.165) is 5.56 Å². The van der Waals surface area contributed by atoms with Gasteiger partial charge in [-0.25, -0.2) is 8.42 Å². The molecule has 0 N–H and O–H groups in total. The van der Waals surface area contributed by atoms with Crippen molar-refractivity contribution >= 4 is 10.0 Å². The molecule has 0 aromatic heterocycles. The summed E-state index contributed by atoms with van der Waals surface area (Å²) in [6.07, 6.45) is 1.66. The van der Waals surface area contributed by atoms with Gasteiger partial charge in [-0.1, -0.05) is 24.8 Å². The number of hydrogen-bond acceptors (Lipinski definition) is 5. The average molecular weight is 375 g/mol. The third-order valence-corrected chi connectivity index (χ3v) is 5.69. The lowest BCUT2D eigenvalue weighted by molar-refractivity contribution is 0.171. The van der Waals surface area contributed by atoms with Crippen molar-refractivity contribution in [3.63, 3.8) is 0 Å². The zero-order valence-corrected chi connectivity index (χ0v) is 15.4. The standard InChI is InChI=1S/C19H21NO5S/c1-3-9-23-16-6-4-5-15(12-16)14-20(2)26(21,22)17-7-8-18-19(13-17)25-11-10-24-18/h3-8,12-13H,1,9-11,14H2,2H3. The lowest BCUT2D eigenvalue weighted by Gasteiger charge is -2.21. The van der Waals surface area contributed by atoms with E-state index >= 15 is 0 Å². The lowest BCUT2D eigenvalue weighted by atomic mass is 10.2. The number of nitrogens with zero attached hydrogens (tertiary/aromatic N) is 1. The normalized spacial score (nSPS) is 13.5. The number of hydrogen-bond donors (Lipinski definition) is 0. The quantitative estimate of drug-likeness (QED) is 0.696. The first-order valence-corrected chi connectivity index (χ1v) is 9.63. The van der Waals surface area contributed by atoms with E-state index in [1.165, 1.54) is 16.4 Å². The van der Waals surface area contributed by atoms with Crippen LogP contribution in [0.4, 0.5) is 0 Å². The van der Waals surface area contributed by atoms with Gasteiger partial charge in [-0.3, -0.25) is 0 Å². The van der Waals surface area contributed by atoms with Crippen LogP contribution < -0.4 is 14.2 Å². The molecule has 0 spiro atoms. The third kappa shape index (κ3) is 4.00. The molecule has 3 rings (SSSR count). The van der Waals surface area contributed by atoms with Crippen molar-refractivity contribution in [3.8, 4) is 17.2 Å². The van der Waals surface area contributed by atoms with E-state index < -0.39 is 10.0 Å². The third-order valence-electron chi connectivity index (χ3n) is 3.89. The Morgan fingerprint density at radius 3 is 2.69 bits per heavy atom. The van der Waals surface area contributed by atoms with Gasteiger partial charge in [0.15, 0.2) is 11.5 Å². The minimum atomic E-state index is -3.66. The summed E-state index contributed by atoms with van der Waals surface area (Å²) < 4.78 is 43.4. The van der Waals surface area contributed by atoms with Crippen LogP contribution in [-0.2, 0) is 16.6 Å². The SMILES string of the molecule is C=CCOc1cccc(CN(C)S(=O)(=O)c2ccc3c(c2)OCCO3)c1. The van der Waals surface area contributed by atoms with Crippen LogP contribution in [0.5, 0.6) is 17.2 Å². The minimum absolute atomic E-state index is 0.170. The van der Waals surface area contributed by atoms with Gasteiger partial charge in [0.05, 0.1) is 4.90 Å². The monoisotopic (exact) mass is 375 g/mol. The maximum Gasteiger partial charge on any atom is 0.243 e. The molecule has 0 aliphatic carbocycles. The van der Waals surface area contributed by atoms with Gasteiger partial charge in [0.25, 0.3) is 0 Å². The summed E-state index contributed by atoms with van der Waals surface area (Å²) in [4.78, 5) is 0.170. The molecule has 0 amide bonds. The number of fused-ring (bicyclic) bond motifs is 1. The van der Waals surface area contributed by atoms with Crippen LogP contribution in [0.1, 0.15) is 5.56 Å². The molecule has 2 aromatic rings. The van der Waals surface area contributed by atoms with E-state index in [-0.39, 0.29) is 11.4 Å². The molecule has 0 saturated carbocycles. The van der Waals surface area contributed by atoms with Crippen LogP contribution >= 0.6 is 0 Å². The summed E-state index contributed by atoms with van der Waals surface area (Å²) >= 11 is 0. The molecule has 6 nitrogen and oxygen atoms in total. The highest BCUT2D eigenvalue weighted by molar-refractivity contribution is 7.89.